The standard InChI is InChI=1S/C11H24N2O2S/c1-13(9-10-16(2,14)15)8-4-6-11-5-3-7-12-11/h11-12H,3-10H2,1-2H3. The van der Waals surface area contributed by atoms with Crippen molar-refractivity contribution in [1.29, 1.82) is 0 Å². The summed E-state index contributed by atoms with van der Waals surface area (Å²) in [6, 6.07) is 0.698. The lowest BCUT2D eigenvalue weighted by Gasteiger charge is -2.17. The Labute approximate surface area is 99.3 Å². The minimum atomic E-state index is -2.81. The Bertz CT molecular complexity index is 284. The molecule has 1 rings (SSSR count). The molecule has 1 heterocycles. The molecule has 0 aromatic rings. The Morgan fingerprint density at radius 2 is 2.12 bits per heavy atom. The van der Waals surface area contributed by atoms with Crippen LogP contribution < -0.4 is 5.32 Å². The first-order valence-corrected chi connectivity index (χ1v) is 8.13. The van der Waals surface area contributed by atoms with Gasteiger partial charge in [-0.15, -0.1) is 0 Å². The van der Waals surface area contributed by atoms with Crippen LogP contribution >= 0.6 is 0 Å². The van der Waals surface area contributed by atoms with E-state index in [1.54, 1.807) is 0 Å². The molecule has 0 radical (unpaired) electrons. The summed E-state index contributed by atoms with van der Waals surface area (Å²) in [5, 5.41) is 3.47. The molecular weight excluding hydrogens is 224 g/mol. The first-order valence-electron chi connectivity index (χ1n) is 6.07. The van der Waals surface area contributed by atoms with Gasteiger partial charge in [0.05, 0.1) is 5.75 Å². The average Bonchev–Trinajstić information content (AvgIpc) is 2.66. The van der Waals surface area contributed by atoms with Gasteiger partial charge in [-0.25, -0.2) is 8.42 Å². The number of nitrogens with zero attached hydrogens (tertiary/aromatic N) is 1. The molecule has 0 aromatic carbocycles. The Hall–Kier alpha value is -0.130. The van der Waals surface area contributed by atoms with Crippen molar-refractivity contribution in [3.63, 3.8) is 0 Å². The molecule has 16 heavy (non-hydrogen) atoms. The van der Waals surface area contributed by atoms with Crippen LogP contribution in [-0.2, 0) is 9.84 Å². The predicted octanol–water partition coefficient (Wildman–Crippen LogP) is 0.495. The smallest absolute Gasteiger partial charge is 0.148 e. The summed E-state index contributed by atoms with van der Waals surface area (Å²) in [4.78, 5) is 2.11. The summed E-state index contributed by atoms with van der Waals surface area (Å²) >= 11 is 0. The largest absolute Gasteiger partial charge is 0.314 e. The second-order valence-corrected chi connectivity index (χ2v) is 7.13. The molecule has 1 fully saturated rings. The Balaban J connectivity index is 2.03. The van der Waals surface area contributed by atoms with Gasteiger partial charge >= 0.3 is 0 Å². The number of hydrogen-bond acceptors (Lipinski definition) is 4. The van der Waals surface area contributed by atoms with Gasteiger partial charge in [0.2, 0.25) is 0 Å². The molecule has 0 spiro atoms. The fourth-order valence-electron chi connectivity index (χ4n) is 2.04. The van der Waals surface area contributed by atoms with Crippen LogP contribution in [0.4, 0.5) is 0 Å². The van der Waals surface area contributed by atoms with Crippen LogP contribution in [0.15, 0.2) is 0 Å². The molecule has 1 atom stereocenters. The summed E-state index contributed by atoms with van der Waals surface area (Å²) < 4.78 is 22.0. The summed E-state index contributed by atoms with van der Waals surface area (Å²) in [5.41, 5.74) is 0. The van der Waals surface area contributed by atoms with Crippen LogP contribution in [0.1, 0.15) is 25.7 Å². The molecular formula is C11H24N2O2S. The maximum Gasteiger partial charge on any atom is 0.148 e. The molecule has 4 nitrogen and oxygen atoms in total. The van der Waals surface area contributed by atoms with Crippen molar-refractivity contribution in [2.24, 2.45) is 0 Å². The van der Waals surface area contributed by atoms with Gasteiger partial charge < -0.3 is 10.2 Å². The lowest BCUT2D eigenvalue weighted by Crippen LogP contribution is -2.28. The molecule has 96 valence electrons. The molecule has 0 bridgehead atoms. The van der Waals surface area contributed by atoms with Crippen LogP contribution in [0, 0.1) is 0 Å². The molecule has 1 unspecified atom stereocenters. The van der Waals surface area contributed by atoms with E-state index in [-0.39, 0.29) is 5.75 Å². The highest BCUT2D eigenvalue weighted by Crippen LogP contribution is 2.10. The number of hydrogen-bond donors (Lipinski definition) is 1. The average molecular weight is 248 g/mol. The first kappa shape index (κ1) is 13.9. The van der Waals surface area contributed by atoms with Crippen LogP contribution in [0.3, 0.4) is 0 Å². The van der Waals surface area contributed by atoms with E-state index in [0.29, 0.717) is 12.6 Å². The third-order valence-corrected chi connectivity index (χ3v) is 4.02. The lowest BCUT2D eigenvalue weighted by molar-refractivity contribution is 0.335. The van der Waals surface area contributed by atoms with E-state index in [1.165, 1.54) is 25.5 Å². The van der Waals surface area contributed by atoms with Gasteiger partial charge in [-0.05, 0) is 45.8 Å². The SMILES string of the molecule is CN(CCCC1CCCN1)CCS(C)(=O)=O. The molecule has 1 N–H and O–H groups in total. The van der Waals surface area contributed by atoms with Crippen molar-refractivity contribution in [3.8, 4) is 0 Å². The number of rotatable bonds is 7. The van der Waals surface area contributed by atoms with E-state index in [4.69, 9.17) is 0 Å². The number of sulfone groups is 1. The monoisotopic (exact) mass is 248 g/mol. The van der Waals surface area contributed by atoms with Gasteiger partial charge in [0.1, 0.15) is 9.84 Å². The van der Waals surface area contributed by atoms with Crippen LogP contribution in [-0.4, -0.2) is 58.1 Å². The molecule has 0 amide bonds. The van der Waals surface area contributed by atoms with E-state index < -0.39 is 9.84 Å². The van der Waals surface area contributed by atoms with Gasteiger partial charge in [-0.2, -0.15) is 0 Å². The second kappa shape index (κ2) is 6.57. The third kappa shape index (κ3) is 6.45. The van der Waals surface area contributed by atoms with Crippen LogP contribution in [0.5, 0.6) is 0 Å². The van der Waals surface area contributed by atoms with Crippen LogP contribution in [0.25, 0.3) is 0 Å². The highest BCUT2D eigenvalue weighted by Gasteiger charge is 2.13. The van der Waals surface area contributed by atoms with Gasteiger partial charge in [0, 0.05) is 18.8 Å². The molecule has 1 saturated heterocycles. The van der Waals surface area contributed by atoms with Crippen molar-refractivity contribution in [3.05, 3.63) is 0 Å². The summed E-state index contributed by atoms with van der Waals surface area (Å²) in [7, 11) is -0.821. The topological polar surface area (TPSA) is 49.4 Å². The molecule has 5 heteroatoms. The highest BCUT2D eigenvalue weighted by molar-refractivity contribution is 7.90. The molecule has 0 aliphatic carbocycles. The zero-order chi connectivity index (χ0) is 12.0. The molecule has 0 aromatic heterocycles. The molecule has 0 saturated carbocycles. The van der Waals surface area contributed by atoms with E-state index in [2.05, 4.69) is 10.2 Å². The Kier molecular flexibility index (Phi) is 5.72. The van der Waals surface area contributed by atoms with Crippen molar-refractivity contribution in [2.75, 3.05) is 38.7 Å². The Morgan fingerprint density at radius 1 is 1.38 bits per heavy atom. The Morgan fingerprint density at radius 3 is 2.69 bits per heavy atom. The highest BCUT2D eigenvalue weighted by atomic mass is 32.2. The van der Waals surface area contributed by atoms with E-state index >= 15 is 0 Å². The van der Waals surface area contributed by atoms with Gasteiger partial charge in [0.25, 0.3) is 0 Å². The molecule has 1 aliphatic heterocycles. The fraction of sp³-hybridized carbons (Fsp3) is 1.00. The fourth-order valence-corrected chi connectivity index (χ4v) is 2.69. The second-order valence-electron chi connectivity index (χ2n) is 4.87. The minimum absolute atomic E-state index is 0.269. The lowest BCUT2D eigenvalue weighted by atomic mass is 10.1. The van der Waals surface area contributed by atoms with E-state index in [0.717, 1.165) is 19.5 Å². The zero-order valence-electron chi connectivity index (χ0n) is 10.4. The van der Waals surface area contributed by atoms with E-state index in [9.17, 15) is 8.42 Å². The quantitative estimate of drug-likeness (QED) is 0.712. The van der Waals surface area contributed by atoms with Gasteiger partial charge in [-0.1, -0.05) is 0 Å². The maximum absolute atomic E-state index is 11.0. The summed E-state index contributed by atoms with van der Waals surface area (Å²) in [6.45, 7) is 2.80. The minimum Gasteiger partial charge on any atom is -0.314 e. The summed E-state index contributed by atoms with van der Waals surface area (Å²) in [5.74, 6) is 0.269. The van der Waals surface area contributed by atoms with Crippen LogP contribution in [0.2, 0.25) is 0 Å². The van der Waals surface area contributed by atoms with E-state index in [1.807, 2.05) is 7.05 Å². The summed E-state index contributed by atoms with van der Waals surface area (Å²) in [6.07, 6.45) is 6.26. The first-order chi connectivity index (χ1) is 7.47. The van der Waals surface area contributed by atoms with Crippen molar-refractivity contribution < 1.29 is 8.42 Å². The van der Waals surface area contributed by atoms with Crippen molar-refractivity contribution in [1.82, 2.24) is 10.2 Å². The van der Waals surface area contributed by atoms with Crippen molar-refractivity contribution in [2.45, 2.75) is 31.7 Å². The van der Waals surface area contributed by atoms with Crippen molar-refractivity contribution >= 4 is 9.84 Å². The van der Waals surface area contributed by atoms with Gasteiger partial charge in [-0.3, -0.25) is 0 Å². The predicted molar refractivity (Wildman–Crippen MR) is 67.5 cm³/mol. The molecule has 1 aliphatic rings. The van der Waals surface area contributed by atoms with Gasteiger partial charge in [0.15, 0.2) is 0 Å². The number of nitrogens with one attached hydrogen (secondary N) is 1. The third-order valence-electron chi connectivity index (χ3n) is 3.10. The zero-order valence-corrected chi connectivity index (χ0v) is 11.2. The normalized spacial score (nSPS) is 21.8. The maximum atomic E-state index is 11.0.